The second-order valence-electron chi connectivity index (χ2n) is 6.86. The van der Waals surface area contributed by atoms with E-state index in [1.807, 2.05) is 44.2 Å². The van der Waals surface area contributed by atoms with Crippen LogP contribution in [0.4, 0.5) is 0 Å². The Morgan fingerprint density at radius 3 is 2.68 bits per heavy atom. The number of rotatable bonds is 2. The van der Waals surface area contributed by atoms with Crippen molar-refractivity contribution < 1.29 is 0 Å². The molecule has 6 nitrogen and oxygen atoms in total. The first kappa shape index (κ1) is 16.4. The molecule has 2 N–H and O–H groups in total. The van der Waals surface area contributed by atoms with Gasteiger partial charge in [-0.05, 0) is 43.7 Å². The van der Waals surface area contributed by atoms with E-state index in [9.17, 15) is 4.79 Å². The lowest BCUT2D eigenvalue weighted by atomic mass is 10.0. The monoisotopic (exact) mass is 367 g/mol. The molecule has 136 valence electrons. The summed E-state index contributed by atoms with van der Waals surface area (Å²) in [6.45, 7) is 4.07. The predicted molar refractivity (Wildman–Crippen MR) is 110 cm³/mol. The molecule has 1 aromatic carbocycles. The molecule has 0 saturated heterocycles. The first-order valence-corrected chi connectivity index (χ1v) is 9.01. The molecule has 0 bridgehead atoms. The summed E-state index contributed by atoms with van der Waals surface area (Å²) in [5, 5.41) is 1.01. The second-order valence-corrected chi connectivity index (χ2v) is 6.86. The van der Waals surface area contributed by atoms with Crippen LogP contribution in [0.25, 0.3) is 44.7 Å². The topological polar surface area (TPSA) is 87.3 Å². The van der Waals surface area contributed by atoms with E-state index in [2.05, 4.69) is 21.0 Å². The van der Waals surface area contributed by atoms with Crippen molar-refractivity contribution in [3.63, 3.8) is 0 Å². The van der Waals surface area contributed by atoms with Crippen LogP contribution in [0.2, 0.25) is 0 Å². The van der Waals surface area contributed by atoms with Crippen molar-refractivity contribution in [1.82, 2.24) is 24.9 Å². The van der Waals surface area contributed by atoms with Gasteiger partial charge in [0.15, 0.2) is 11.2 Å². The lowest BCUT2D eigenvalue weighted by Gasteiger charge is -2.10. The van der Waals surface area contributed by atoms with Crippen LogP contribution in [-0.2, 0) is 0 Å². The third-order valence-corrected chi connectivity index (χ3v) is 4.99. The SMILES string of the molecule is Cc1cc(-c2nc3[nH]ccc(=O)c3nc2-c2ccc3ncccc3c2)[nH]c1C. The lowest BCUT2D eigenvalue weighted by molar-refractivity contribution is 1.18. The van der Waals surface area contributed by atoms with E-state index < -0.39 is 0 Å². The fourth-order valence-corrected chi connectivity index (χ4v) is 3.38. The summed E-state index contributed by atoms with van der Waals surface area (Å²) < 4.78 is 0. The highest BCUT2D eigenvalue weighted by Gasteiger charge is 2.17. The number of nitrogens with zero attached hydrogens (tertiary/aromatic N) is 3. The Morgan fingerprint density at radius 2 is 1.86 bits per heavy atom. The van der Waals surface area contributed by atoms with Crippen molar-refractivity contribution in [3.05, 3.63) is 76.3 Å². The van der Waals surface area contributed by atoms with Gasteiger partial charge in [-0.25, -0.2) is 9.97 Å². The summed E-state index contributed by atoms with van der Waals surface area (Å²) in [7, 11) is 0. The molecule has 0 saturated carbocycles. The molecule has 5 aromatic rings. The number of pyridine rings is 2. The molecule has 4 heterocycles. The van der Waals surface area contributed by atoms with Crippen molar-refractivity contribution >= 4 is 22.1 Å². The lowest BCUT2D eigenvalue weighted by Crippen LogP contribution is -2.06. The minimum atomic E-state index is -0.157. The number of fused-ring (bicyclic) bond motifs is 2. The molecule has 0 aliphatic carbocycles. The van der Waals surface area contributed by atoms with Crippen LogP contribution in [-0.4, -0.2) is 24.9 Å². The maximum Gasteiger partial charge on any atom is 0.209 e. The Balaban J connectivity index is 1.85. The Morgan fingerprint density at radius 1 is 0.964 bits per heavy atom. The zero-order valence-corrected chi connectivity index (χ0v) is 15.4. The molecule has 28 heavy (non-hydrogen) atoms. The van der Waals surface area contributed by atoms with Gasteiger partial charge < -0.3 is 9.97 Å². The maximum absolute atomic E-state index is 12.3. The van der Waals surface area contributed by atoms with Gasteiger partial charge in [0.2, 0.25) is 5.43 Å². The Kier molecular flexibility index (Phi) is 3.58. The molecular formula is C22H17N5O. The van der Waals surface area contributed by atoms with Crippen LogP contribution >= 0.6 is 0 Å². The molecule has 0 aliphatic heterocycles. The van der Waals surface area contributed by atoms with Crippen LogP contribution < -0.4 is 5.43 Å². The third kappa shape index (κ3) is 2.58. The predicted octanol–water partition coefficient (Wildman–Crippen LogP) is 4.15. The maximum atomic E-state index is 12.3. The van der Waals surface area contributed by atoms with Crippen molar-refractivity contribution in [2.45, 2.75) is 13.8 Å². The van der Waals surface area contributed by atoms with Crippen LogP contribution in [0.15, 0.2) is 59.7 Å². The van der Waals surface area contributed by atoms with Gasteiger partial charge in [-0.1, -0.05) is 12.1 Å². The van der Waals surface area contributed by atoms with Gasteiger partial charge in [-0.2, -0.15) is 0 Å². The number of aromatic nitrogens is 5. The van der Waals surface area contributed by atoms with Gasteiger partial charge in [0.1, 0.15) is 5.69 Å². The summed E-state index contributed by atoms with van der Waals surface area (Å²) >= 11 is 0. The quantitative estimate of drug-likeness (QED) is 0.491. The smallest absolute Gasteiger partial charge is 0.209 e. The Labute approximate surface area is 160 Å². The van der Waals surface area contributed by atoms with E-state index in [0.29, 0.717) is 22.6 Å². The van der Waals surface area contributed by atoms with Gasteiger partial charge in [0, 0.05) is 35.1 Å². The van der Waals surface area contributed by atoms with Crippen molar-refractivity contribution in [1.29, 1.82) is 0 Å². The van der Waals surface area contributed by atoms with Crippen LogP contribution in [0, 0.1) is 13.8 Å². The summed E-state index contributed by atoms with van der Waals surface area (Å²) in [5.41, 5.74) is 6.89. The number of H-pyrrole nitrogens is 2. The number of aromatic amines is 2. The molecule has 0 radical (unpaired) electrons. The summed E-state index contributed by atoms with van der Waals surface area (Å²) in [6.07, 6.45) is 3.36. The van der Waals surface area contributed by atoms with Gasteiger partial charge in [-0.15, -0.1) is 0 Å². The normalized spacial score (nSPS) is 11.4. The minimum absolute atomic E-state index is 0.157. The van der Waals surface area contributed by atoms with Crippen molar-refractivity contribution in [2.75, 3.05) is 0 Å². The van der Waals surface area contributed by atoms with Gasteiger partial charge in [0.05, 0.1) is 16.9 Å². The average Bonchev–Trinajstić information content (AvgIpc) is 3.05. The van der Waals surface area contributed by atoms with Gasteiger partial charge in [0.25, 0.3) is 0 Å². The van der Waals surface area contributed by atoms with E-state index in [1.54, 1.807) is 12.4 Å². The van der Waals surface area contributed by atoms with E-state index >= 15 is 0 Å². The minimum Gasteiger partial charge on any atom is -0.357 e. The Hall–Kier alpha value is -3.80. The molecule has 0 fully saturated rings. The van der Waals surface area contributed by atoms with E-state index in [1.165, 1.54) is 6.07 Å². The number of hydrogen-bond acceptors (Lipinski definition) is 4. The largest absolute Gasteiger partial charge is 0.357 e. The highest BCUT2D eigenvalue weighted by atomic mass is 16.1. The first-order chi connectivity index (χ1) is 13.6. The second kappa shape index (κ2) is 6.13. The molecule has 4 aromatic heterocycles. The number of hydrogen-bond donors (Lipinski definition) is 2. The molecule has 0 atom stereocenters. The first-order valence-electron chi connectivity index (χ1n) is 9.01. The third-order valence-electron chi connectivity index (χ3n) is 4.99. The average molecular weight is 367 g/mol. The standard InChI is InChI=1S/C22H17N5O/c1-12-10-17(25-13(12)2)20-19(26-21-18(28)7-9-24-22(21)27-20)15-5-6-16-14(11-15)4-3-8-23-16/h3-11,25H,1-2H3,(H,24,27,28). The molecule has 0 aliphatic rings. The molecule has 0 unspecified atom stereocenters. The molecule has 6 heteroatoms. The van der Waals surface area contributed by atoms with Crippen molar-refractivity contribution in [2.24, 2.45) is 0 Å². The van der Waals surface area contributed by atoms with E-state index in [0.717, 1.165) is 33.4 Å². The van der Waals surface area contributed by atoms with E-state index in [-0.39, 0.29) is 5.43 Å². The van der Waals surface area contributed by atoms with Crippen LogP contribution in [0.3, 0.4) is 0 Å². The van der Waals surface area contributed by atoms with E-state index in [4.69, 9.17) is 9.97 Å². The molecule has 0 amide bonds. The number of nitrogens with one attached hydrogen (secondary N) is 2. The van der Waals surface area contributed by atoms with Gasteiger partial charge >= 0.3 is 0 Å². The number of aryl methyl sites for hydroxylation is 2. The fraction of sp³-hybridized carbons (Fsp3) is 0.0909. The molecule has 0 spiro atoms. The molecular weight excluding hydrogens is 350 g/mol. The highest BCUT2D eigenvalue weighted by molar-refractivity contribution is 5.89. The summed E-state index contributed by atoms with van der Waals surface area (Å²) in [5.74, 6) is 0. The zero-order chi connectivity index (χ0) is 19.3. The van der Waals surface area contributed by atoms with Gasteiger partial charge in [-0.3, -0.25) is 9.78 Å². The van der Waals surface area contributed by atoms with Crippen LogP contribution in [0.1, 0.15) is 11.3 Å². The summed E-state index contributed by atoms with van der Waals surface area (Å²) in [6, 6.07) is 13.4. The van der Waals surface area contributed by atoms with Crippen LogP contribution in [0.5, 0.6) is 0 Å². The van der Waals surface area contributed by atoms with Crippen molar-refractivity contribution in [3.8, 4) is 22.6 Å². The zero-order valence-electron chi connectivity index (χ0n) is 15.4. The number of benzene rings is 1. The Bertz CT molecular complexity index is 1390. The fourth-order valence-electron chi connectivity index (χ4n) is 3.38. The highest BCUT2D eigenvalue weighted by Crippen LogP contribution is 2.32. The summed E-state index contributed by atoms with van der Waals surface area (Å²) in [4.78, 5) is 32.6. The molecule has 5 rings (SSSR count).